The predicted octanol–water partition coefficient (Wildman–Crippen LogP) is 9.86. The van der Waals surface area contributed by atoms with Crippen molar-refractivity contribution in [1.82, 2.24) is 0 Å². The molecule has 0 aliphatic rings. The lowest BCUT2D eigenvalue weighted by atomic mass is 9.69. The molecule has 0 fully saturated rings. The van der Waals surface area contributed by atoms with Gasteiger partial charge in [-0.1, -0.05) is 154 Å². The third kappa shape index (κ3) is 6.50. The molecule has 0 radical (unpaired) electrons. The molecule has 0 heterocycles. The molecule has 0 bridgehead atoms. The Labute approximate surface area is 263 Å². The quantitative estimate of drug-likeness (QED) is 0.166. The molecular formula is C40H46O4. The molecule has 0 atom stereocenters. The molecule has 0 unspecified atom stereocenters. The van der Waals surface area contributed by atoms with E-state index in [4.69, 9.17) is 9.78 Å². The highest BCUT2D eigenvalue weighted by atomic mass is 17.2. The fourth-order valence-electron chi connectivity index (χ4n) is 6.21. The molecule has 4 nitrogen and oxygen atoms in total. The van der Waals surface area contributed by atoms with Gasteiger partial charge in [-0.25, -0.2) is 19.4 Å². The SMILES string of the molecule is CC(C)(C)c1cccc(C(=O)OOC(=O)c2cccc(C(C)(C)C)c2C(C)(C)c2ccccc2)c1C(C)(C)c1ccccc1. The van der Waals surface area contributed by atoms with E-state index in [2.05, 4.69) is 106 Å². The summed E-state index contributed by atoms with van der Waals surface area (Å²) < 4.78 is 0. The van der Waals surface area contributed by atoms with Gasteiger partial charge in [0.05, 0.1) is 11.1 Å². The fraction of sp³-hybridized carbons (Fsp3) is 0.350. The number of carbonyl (C=O) groups is 2. The molecule has 0 amide bonds. The van der Waals surface area contributed by atoms with Crippen molar-refractivity contribution in [3.63, 3.8) is 0 Å². The molecule has 44 heavy (non-hydrogen) atoms. The van der Waals surface area contributed by atoms with Crippen molar-refractivity contribution in [3.8, 4) is 0 Å². The van der Waals surface area contributed by atoms with Gasteiger partial charge < -0.3 is 0 Å². The first kappa shape index (κ1) is 32.7. The summed E-state index contributed by atoms with van der Waals surface area (Å²) in [7, 11) is 0. The van der Waals surface area contributed by atoms with Gasteiger partial charge in [0.2, 0.25) is 0 Å². The number of hydrogen-bond acceptors (Lipinski definition) is 4. The first-order valence-corrected chi connectivity index (χ1v) is 15.3. The Balaban J connectivity index is 1.75. The highest BCUT2D eigenvalue weighted by Crippen LogP contribution is 2.42. The third-order valence-electron chi connectivity index (χ3n) is 8.62. The maximum atomic E-state index is 13.8. The van der Waals surface area contributed by atoms with Crippen molar-refractivity contribution >= 4 is 11.9 Å². The Kier molecular flexibility index (Phi) is 8.98. The minimum absolute atomic E-state index is 0.250. The Bertz CT molecular complexity index is 1510. The summed E-state index contributed by atoms with van der Waals surface area (Å²) >= 11 is 0. The van der Waals surface area contributed by atoms with Gasteiger partial charge in [-0.05, 0) is 56.3 Å². The molecule has 0 saturated carbocycles. The van der Waals surface area contributed by atoms with Crippen LogP contribution in [0.1, 0.15) is 123 Å². The second kappa shape index (κ2) is 12.1. The van der Waals surface area contributed by atoms with E-state index < -0.39 is 22.8 Å². The van der Waals surface area contributed by atoms with Crippen LogP contribution >= 0.6 is 0 Å². The molecule has 0 saturated heterocycles. The van der Waals surface area contributed by atoms with E-state index >= 15 is 0 Å². The first-order valence-electron chi connectivity index (χ1n) is 15.3. The summed E-state index contributed by atoms with van der Waals surface area (Å²) in [6.07, 6.45) is 0. The lowest BCUT2D eigenvalue weighted by Crippen LogP contribution is -2.30. The van der Waals surface area contributed by atoms with Crippen LogP contribution in [0.3, 0.4) is 0 Å². The van der Waals surface area contributed by atoms with Gasteiger partial charge >= 0.3 is 11.9 Å². The van der Waals surface area contributed by atoms with Gasteiger partial charge in [0.15, 0.2) is 0 Å². The van der Waals surface area contributed by atoms with Crippen LogP contribution in [0.15, 0.2) is 97.1 Å². The van der Waals surface area contributed by atoms with Crippen LogP contribution in [0.2, 0.25) is 0 Å². The molecular weight excluding hydrogens is 544 g/mol. The number of benzene rings is 4. The van der Waals surface area contributed by atoms with Crippen LogP contribution in [-0.4, -0.2) is 11.9 Å². The number of rotatable bonds is 6. The minimum Gasteiger partial charge on any atom is -0.241 e. The normalized spacial score (nSPS) is 12.5. The molecule has 230 valence electrons. The first-order chi connectivity index (χ1) is 20.5. The maximum Gasteiger partial charge on any atom is 0.386 e. The van der Waals surface area contributed by atoms with Crippen molar-refractivity contribution in [2.45, 2.75) is 90.9 Å². The minimum atomic E-state index is -0.709. The van der Waals surface area contributed by atoms with Crippen LogP contribution in [0.4, 0.5) is 0 Å². The van der Waals surface area contributed by atoms with Crippen molar-refractivity contribution in [2.75, 3.05) is 0 Å². The van der Waals surface area contributed by atoms with E-state index in [9.17, 15) is 9.59 Å². The topological polar surface area (TPSA) is 52.6 Å². The van der Waals surface area contributed by atoms with Crippen molar-refractivity contribution in [3.05, 3.63) is 142 Å². The van der Waals surface area contributed by atoms with Crippen LogP contribution < -0.4 is 0 Å². The average Bonchev–Trinajstić information content (AvgIpc) is 2.99. The Morgan fingerprint density at radius 1 is 0.432 bits per heavy atom. The molecule has 0 N–H and O–H groups in total. The second-order valence-corrected chi connectivity index (χ2v) is 14.7. The lowest BCUT2D eigenvalue weighted by Gasteiger charge is -2.35. The summed E-state index contributed by atoms with van der Waals surface area (Å²) in [6, 6.07) is 31.5. The van der Waals surface area contributed by atoms with Gasteiger partial charge in [-0.3, -0.25) is 0 Å². The Morgan fingerprint density at radius 2 is 0.750 bits per heavy atom. The van der Waals surface area contributed by atoms with Gasteiger partial charge in [-0.15, -0.1) is 0 Å². The summed E-state index contributed by atoms with van der Waals surface area (Å²) in [6.45, 7) is 21.2. The summed E-state index contributed by atoms with van der Waals surface area (Å²) in [5, 5.41) is 0. The van der Waals surface area contributed by atoms with E-state index in [-0.39, 0.29) is 10.8 Å². The van der Waals surface area contributed by atoms with E-state index in [1.165, 1.54) is 0 Å². The third-order valence-corrected chi connectivity index (χ3v) is 8.62. The zero-order valence-corrected chi connectivity index (χ0v) is 27.9. The largest absolute Gasteiger partial charge is 0.386 e. The molecule has 0 aliphatic carbocycles. The Hall–Kier alpha value is -4.18. The van der Waals surface area contributed by atoms with E-state index in [0.29, 0.717) is 11.1 Å². The molecule has 4 heteroatoms. The van der Waals surface area contributed by atoms with Gasteiger partial charge in [0.25, 0.3) is 0 Å². The molecule has 0 aliphatic heterocycles. The predicted molar refractivity (Wildman–Crippen MR) is 178 cm³/mol. The highest BCUT2D eigenvalue weighted by Gasteiger charge is 2.37. The van der Waals surface area contributed by atoms with Crippen molar-refractivity contribution in [2.24, 2.45) is 0 Å². The molecule has 0 spiro atoms. The number of hydrogen-bond donors (Lipinski definition) is 0. The Morgan fingerprint density at radius 3 is 1.05 bits per heavy atom. The van der Waals surface area contributed by atoms with E-state index in [1.54, 1.807) is 12.1 Å². The van der Waals surface area contributed by atoms with Crippen LogP contribution in [0, 0.1) is 0 Å². The zero-order valence-electron chi connectivity index (χ0n) is 27.9. The molecule has 0 aromatic heterocycles. The monoisotopic (exact) mass is 590 g/mol. The number of carbonyl (C=O) groups excluding carboxylic acids is 2. The molecule has 4 aromatic carbocycles. The standard InChI is InChI=1S/C40H46O4/c1-37(2,3)31-25-17-23-29(33(31)39(7,8)27-19-13-11-14-20-27)35(41)43-44-36(42)30-24-18-26-32(38(4,5)6)34(30)40(9,10)28-21-15-12-16-22-28/h11-26H,1-10H3. The van der Waals surface area contributed by atoms with Crippen molar-refractivity contribution < 1.29 is 19.4 Å². The molecule has 4 aromatic rings. The average molecular weight is 591 g/mol. The summed E-state index contributed by atoms with van der Waals surface area (Å²) in [5.41, 5.74) is 5.05. The zero-order chi connectivity index (χ0) is 32.5. The van der Waals surface area contributed by atoms with Crippen molar-refractivity contribution in [1.29, 1.82) is 0 Å². The van der Waals surface area contributed by atoms with Crippen LogP contribution in [0.5, 0.6) is 0 Å². The van der Waals surface area contributed by atoms with Gasteiger partial charge in [-0.2, -0.15) is 0 Å². The van der Waals surface area contributed by atoms with Crippen LogP contribution in [-0.2, 0) is 31.4 Å². The summed E-state index contributed by atoms with van der Waals surface area (Å²) in [5.74, 6) is -1.42. The van der Waals surface area contributed by atoms with Gasteiger partial charge in [0, 0.05) is 10.8 Å². The summed E-state index contributed by atoms with van der Waals surface area (Å²) in [4.78, 5) is 38.4. The van der Waals surface area contributed by atoms with E-state index in [1.807, 2.05) is 48.5 Å². The highest BCUT2D eigenvalue weighted by molar-refractivity contribution is 5.95. The maximum absolute atomic E-state index is 13.8. The molecule has 4 rings (SSSR count). The van der Waals surface area contributed by atoms with Crippen LogP contribution in [0.25, 0.3) is 0 Å². The second-order valence-electron chi connectivity index (χ2n) is 14.7. The van der Waals surface area contributed by atoms with Gasteiger partial charge in [0.1, 0.15) is 0 Å². The fourth-order valence-corrected chi connectivity index (χ4v) is 6.21. The smallest absolute Gasteiger partial charge is 0.241 e. The lowest BCUT2D eigenvalue weighted by molar-refractivity contribution is -0.187. The van der Waals surface area contributed by atoms with E-state index in [0.717, 1.165) is 33.4 Å².